The fourth-order valence-electron chi connectivity index (χ4n) is 2.53. The summed E-state index contributed by atoms with van der Waals surface area (Å²) in [7, 11) is -2.86. The Kier molecular flexibility index (Phi) is 6.08. The monoisotopic (exact) mass is 329 g/mol. The molecule has 21 heavy (non-hydrogen) atoms. The zero-order chi connectivity index (χ0) is 15.3. The molecule has 0 bridgehead atoms. The van der Waals surface area contributed by atoms with Gasteiger partial charge in [-0.25, -0.2) is 8.42 Å². The third-order valence-corrected chi connectivity index (χ3v) is 5.08. The van der Waals surface area contributed by atoms with E-state index in [0.29, 0.717) is 12.0 Å². The summed E-state index contributed by atoms with van der Waals surface area (Å²) in [6, 6.07) is 8.63. The number of hydrogen-bond donors (Lipinski definition) is 1. The van der Waals surface area contributed by atoms with Gasteiger partial charge >= 0.3 is 0 Å². The summed E-state index contributed by atoms with van der Waals surface area (Å²) >= 11 is 6.04. The number of hydrogen-bond acceptors (Lipinski definition) is 3. The molecule has 0 radical (unpaired) electrons. The maximum atomic E-state index is 11.3. The minimum Gasteiger partial charge on any atom is -0.314 e. The summed E-state index contributed by atoms with van der Waals surface area (Å²) in [6.07, 6.45) is 6.46. The molecular formula is C16H24ClNO2S. The van der Waals surface area contributed by atoms with Gasteiger partial charge in [-0.2, -0.15) is 0 Å². The van der Waals surface area contributed by atoms with E-state index in [-0.39, 0.29) is 5.75 Å². The van der Waals surface area contributed by atoms with Crippen LogP contribution in [0.5, 0.6) is 0 Å². The van der Waals surface area contributed by atoms with Crippen molar-refractivity contribution in [2.75, 3.05) is 18.6 Å². The Balaban J connectivity index is 1.87. The molecule has 1 aliphatic carbocycles. The standard InChI is InChI=1S/C16H24ClNO2S/c1-21(19,20)9-3-5-14(12-18-16-7-8-16)10-13-4-2-6-15(17)11-13/h2,4,6,11,14,16,18H,3,5,7-10,12H2,1H3. The first-order valence-corrected chi connectivity index (χ1v) is 10.0. The second-order valence-electron chi connectivity index (χ2n) is 6.15. The van der Waals surface area contributed by atoms with Gasteiger partial charge in [-0.15, -0.1) is 0 Å². The number of halogens is 1. The van der Waals surface area contributed by atoms with E-state index in [2.05, 4.69) is 11.4 Å². The Morgan fingerprint density at radius 1 is 1.38 bits per heavy atom. The Labute approximate surface area is 133 Å². The van der Waals surface area contributed by atoms with E-state index in [0.717, 1.165) is 30.8 Å². The third kappa shape index (κ3) is 7.30. The Hall–Kier alpha value is -0.580. The smallest absolute Gasteiger partial charge is 0.147 e. The van der Waals surface area contributed by atoms with Crippen LogP contribution in [0.2, 0.25) is 5.02 Å². The first-order valence-electron chi connectivity index (χ1n) is 7.58. The van der Waals surface area contributed by atoms with E-state index >= 15 is 0 Å². The highest BCUT2D eigenvalue weighted by molar-refractivity contribution is 7.90. The number of nitrogens with one attached hydrogen (secondary N) is 1. The van der Waals surface area contributed by atoms with Crippen LogP contribution in [-0.2, 0) is 16.3 Å². The van der Waals surface area contributed by atoms with Gasteiger partial charge in [-0.3, -0.25) is 0 Å². The fourth-order valence-corrected chi connectivity index (χ4v) is 3.43. The van der Waals surface area contributed by atoms with Crippen molar-refractivity contribution in [3.63, 3.8) is 0 Å². The molecule has 0 saturated heterocycles. The quantitative estimate of drug-likeness (QED) is 0.757. The highest BCUT2D eigenvalue weighted by Crippen LogP contribution is 2.22. The Morgan fingerprint density at radius 3 is 2.76 bits per heavy atom. The van der Waals surface area contributed by atoms with Crippen molar-refractivity contribution in [3.05, 3.63) is 34.9 Å². The normalized spacial score (nSPS) is 16.9. The molecule has 1 atom stereocenters. The Morgan fingerprint density at radius 2 is 2.14 bits per heavy atom. The Bertz CT molecular complexity index is 555. The second kappa shape index (κ2) is 7.61. The number of sulfone groups is 1. The predicted molar refractivity (Wildman–Crippen MR) is 88.6 cm³/mol. The summed E-state index contributed by atoms with van der Waals surface area (Å²) in [4.78, 5) is 0. The van der Waals surface area contributed by atoms with Crippen molar-refractivity contribution in [2.24, 2.45) is 5.92 Å². The number of benzene rings is 1. The van der Waals surface area contributed by atoms with Crippen LogP contribution in [0.15, 0.2) is 24.3 Å². The van der Waals surface area contributed by atoms with Crippen LogP contribution in [0.1, 0.15) is 31.2 Å². The number of rotatable bonds is 9. The molecular weight excluding hydrogens is 306 g/mol. The van der Waals surface area contributed by atoms with Crippen molar-refractivity contribution in [2.45, 2.75) is 38.1 Å². The van der Waals surface area contributed by atoms with Gasteiger partial charge in [0.05, 0.1) is 0 Å². The largest absolute Gasteiger partial charge is 0.314 e. The van der Waals surface area contributed by atoms with Crippen LogP contribution < -0.4 is 5.32 Å². The average Bonchev–Trinajstić information content (AvgIpc) is 3.18. The summed E-state index contributed by atoms with van der Waals surface area (Å²) < 4.78 is 22.5. The zero-order valence-electron chi connectivity index (χ0n) is 12.5. The molecule has 1 aromatic carbocycles. The molecule has 0 heterocycles. The van der Waals surface area contributed by atoms with Crippen molar-refractivity contribution in [1.29, 1.82) is 0 Å². The van der Waals surface area contributed by atoms with Gasteiger partial charge in [0.1, 0.15) is 9.84 Å². The molecule has 0 amide bonds. The van der Waals surface area contributed by atoms with Crippen LogP contribution in [0.25, 0.3) is 0 Å². The van der Waals surface area contributed by atoms with E-state index in [1.807, 2.05) is 18.2 Å². The van der Waals surface area contributed by atoms with Crippen molar-refractivity contribution >= 4 is 21.4 Å². The molecule has 3 nitrogen and oxygen atoms in total. The second-order valence-corrected chi connectivity index (χ2v) is 8.85. The lowest BCUT2D eigenvalue weighted by Crippen LogP contribution is -2.26. The van der Waals surface area contributed by atoms with E-state index < -0.39 is 9.84 Å². The highest BCUT2D eigenvalue weighted by atomic mass is 35.5. The van der Waals surface area contributed by atoms with Gasteiger partial charge in [-0.1, -0.05) is 23.7 Å². The van der Waals surface area contributed by atoms with Crippen LogP contribution in [0.3, 0.4) is 0 Å². The summed E-state index contributed by atoms with van der Waals surface area (Å²) in [5.41, 5.74) is 1.23. The molecule has 0 aromatic heterocycles. The first kappa shape index (κ1) is 16.8. The summed E-state index contributed by atoms with van der Waals surface area (Å²) in [6.45, 7) is 0.959. The van der Waals surface area contributed by atoms with Crippen molar-refractivity contribution < 1.29 is 8.42 Å². The maximum Gasteiger partial charge on any atom is 0.147 e. The van der Waals surface area contributed by atoms with Gasteiger partial charge in [-0.05, 0) is 62.3 Å². The highest BCUT2D eigenvalue weighted by Gasteiger charge is 2.22. The molecule has 1 saturated carbocycles. The zero-order valence-corrected chi connectivity index (χ0v) is 14.1. The van der Waals surface area contributed by atoms with Gasteiger partial charge in [0.25, 0.3) is 0 Å². The minimum atomic E-state index is -2.86. The van der Waals surface area contributed by atoms with Crippen molar-refractivity contribution in [3.8, 4) is 0 Å². The fraction of sp³-hybridized carbons (Fsp3) is 0.625. The minimum absolute atomic E-state index is 0.280. The molecule has 0 aliphatic heterocycles. The maximum absolute atomic E-state index is 11.3. The lowest BCUT2D eigenvalue weighted by atomic mass is 9.95. The summed E-state index contributed by atoms with van der Waals surface area (Å²) in [5, 5.41) is 4.32. The van der Waals surface area contributed by atoms with Gasteiger partial charge in [0.2, 0.25) is 0 Å². The van der Waals surface area contributed by atoms with Crippen molar-refractivity contribution in [1.82, 2.24) is 5.32 Å². The molecule has 118 valence electrons. The molecule has 1 fully saturated rings. The van der Waals surface area contributed by atoms with Crippen LogP contribution in [0, 0.1) is 5.92 Å². The first-order chi connectivity index (χ1) is 9.92. The molecule has 1 aromatic rings. The van der Waals surface area contributed by atoms with Gasteiger partial charge in [0, 0.05) is 23.1 Å². The van der Waals surface area contributed by atoms with Gasteiger partial charge < -0.3 is 5.32 Å². The topological polar surface area (TPSA) is 46.2 Å². The summed E-state index contributed by atoms with van der Waals surface area (Å²) in [5.74, 6) is 0.744. The van der Waals surface area contributed by atoms with Crippen LogP contribution >= 0.6 is 11.6 Å². The third-order valence-electron chi connectivity index (χ3n) is 3.81. The molecule has 2 rings (SSSR count). The molecule has 0 spiro atoms. The van der Waals surface area contributed by atoms with E-state index in [1.54, 1.807) is 0 Å². The van der Waals surface area contributed by atoms with E-state index in [4.69, 9.17) is 11.6 Å². The predicted octanol–water partition coefficient (Wildman–Crippen LogP) is 3.08. The molecule has 1 unspecified atom stereocenters. The molecule has 1 N–H and O–H groups in total. The van der Waals surface area contributed by atoms with Crippen LogP contribution in [0.4, 0.5) is 0 Å². The average molecular weight is 330 g/mol. The van der Waals surface area contributed by atoms with E-state index in [1.165, 1.54) is 24.7 Å². The molecule has 1 aliphatic rings. The van der Waals surface area contributed by atoms with E-state index in [9.17, 15) is 8.42 Å². The molecule has 5 heteroatoms. The van der Waals surface area contributed by atoms with Crippen LogP contribution in [-0.4, -0.2) is 33.0 Å². The van der Waals surface area contributed by atoms with Gasteiger partial charge in [0.15, 0.2) is 0 Å². The lowest BCUT2D eigenvalue weighted by Gasteiger charge is -2.18. The SMILES string of the molecule is CS(=O)(=O)CCCC(CNC1CC1)Cc1cccc(Cl)c1. The lowest BCUT2D eigenvalue weighted by molar-refractivity contribution is 0.437.